The lowest BCUT2D eigenvalue weighted by molar-refractivity contribution is 0.481. The predicted molar refractivity (Wildman–Crippen MR) is 166 cm³/mol. The van der Waals surface area contributed by atoms with E-state index in [1.54, 1.807) is 0 Å². The normalized spacial score (nSPS) is 12.7. The van der Waals surface area contributed by atoms with Crippen molar-refractivity contribution >= 4 is 44.6 Å². The Balaban J connectivity index is 1.16. The Morgan fingerprint density at radius 2 is 0.878 bits per heavy atom. The van der Waals surface area contributed by atoms with E-state index in [1.165, 1.54) is 10.8 Å². The number of hydrogen-bond acceptors (Lipinski definition) is 4. The molecular formula is C36H23N3O2. The molecule has 9 rings (SSSR count). The number of hydrogen-bond donors (Lipinski definition) is 3. The number of benzene rings is 6. The van der Waals surface area contributed by atoms with Gasteiger partial charge in [-0.2, -0.15) is 0 Å². The minimum atomic E-state index is 0.827. The van der Waals surface area contributed by atoms with Crippen LogP contribution in [-0.4, -0.2) is 4.98 Å². The first-order chi connectivity index (χ1) is 20.3. The van der Waals surface area contributed by atoms with Crippen molar-refractivity contribution < 1.29 is 9.47 Å². The summed E-state index contributed by atoms with van der Waals surface area (Å²) in [6.45, 7) is 0. The molecule has 0 atom stereocenters. The number of aromatic amines is 1. The van der Waals surface area contributed by atoms with Gasteiger partial charge in [-0.25, -0.2) is 0 Å². The second-order valence-corrected chi connectivity index (χ2v) is 10.4. The smallest absolute Gasteiger partial charge is 0.151 e. The van der Waals surface area contributed by atoms with Crippen LogP contribution in [0.1, 0.15) is 0 Å². The number of para-hydroxylation sites is 6. The van der Waals surface area contributed by atoms with E-state index in [0.717, 1.165) is 79.0 Å². The van der Waals surface area contributed by atoms with Crippen molar-refractivity contribution in [2.75, 3.05) is 10.6 Å². The Morgan fingerprint density at radius 3 is 1.39 bits per heavy atom. The van der Waals surface area contributed by atoms with Gasteiger partial charge in [0.1, 0.15) is 0 Å². The average molecular weight is 530 g/mol. The summed E-state index contributed by atoms with van der Waals surface area (Å²) in [5.74, 6) is 3.33. The monoisotopic (exact) mass is 529 g/mol. The van der Waals surface area contributed by atoms with Gasteiger partial charge in [0, 0.05) is 32.9 Å². The average Bonchev–Trinajstić information content (AvgIpc) is 3.39. The maximum atomic E-state index is 6.23. The van der Waals surface area contributed by atoms with Crippen molar-refractivity contribution in [3.63, 3.8) is 0 Å². The fraction of sp³-hybridized carbons (Fsp3) is 0. The molecule has 3 N–H and O–H groups in total. The Kier molecular flexibility index (Phi) is 4.55. The standard InChI is InChI=1S/C36H23N3O2/c1-3-11-31-29(9-1)38-35-23(7-5-13-33(35)40-31)21-15-17-27-25(19-21)26-20-22(16-18-28(26)37-27)24-8-6-14-34-36(24)39-30-10-2-4-12-32(30)41-34/h1-20,37-39H. The van der Waals surface area contributed by atoms with Gasteiger partial charge >= 0.3 is 0 Å². The number of aromatic nitrogens is 1. The molecule has 0 amide bonds. The highest BCUT2D eigenvalue weighted by Gasteiger charge is 2.22. The van der Waals surface area contributed by atoms with E-state index in [0.29, 0.717) is 0 Å². The molecule has 2 aliphatic heterocycles. The topological polar surface area (TPSA) is 58.3 Å². The summed E-state index contributed by atoms with van der Waals surface area (Å²) in [5.41, 5.74) is 10.6. The van der Waals surface area contributed by atoms with Gasteiger partial charge in [-0.3, -0.25) is 0 Å². The van der Waals surface area contributed by atoms with Crippen LogP contribution in [0.15, 0.2) is 121 Å². The van der Waals surface area contributed by atoms with Gasteiger partial charge in [-0.05, 0) is 71.8 Å². The van der Waals surface area contributed by atoms with Crippen molar-refractivity contribution in [3.05, 3.63) is 121 Å². The molecule has 3 heterocycles. The number of nitrogens with one attached hydrogen (secondary N) is 3. The van der Waals surface area contributed by atoms with E-state index in [4.69, 9.17) is 9.47 Å². The van der Waals surface area contributed by atoms with Crippen molar-refractivity contribution in [1.82, 2.24) is 4.98 Å². The highest BCUT2D eigenvalue weighted by molar-refractivity contribution is 6.10. The molecule has 0 unspecified atom stereocenters. The van der Waals surface area contributed by atoms with Crippen LogP contribution >= 0.6 is 0 Å². The Morgan fingerprint density at radius 1 is 0.415 bits per heavy atom. The van der Waals surface area contributed by atoms with Crippen LogP contribution in [-0.2, 0) is 0 Å². The molecule has 0 fully saturated rings. The van der Waals surface area contributed by atoms with Crippen LogP contribution in [0, 0.1) is 0 Å². The van der Waals surface area contributed by atoms with Crippen LogP contribution in [0.2, 0.25) is 0 Å². The zero-order chi connectivity index (χ0) is 26.9. The fourth-order valence-electron chi connectivity index (χ4n) is 6.03. The predicted octanol–water partition coefficient (Wildman–Crippen LogP) is 10.4. The maximum Gasteiger partial charge on any atom is 0.151 e. The van der Waals surface area contributed by atoms with Gasteiger partial charge in [0.05, 0.1) is 22.7 Å². The van der Waals surface area contributed by atoms with Gasteiger partial charge in [0.2, 0.25) is 0 Å². The summed E-state index contributed by atoms with van der Waals surface area (Å²) in [6.07, 6.45) is 0. The summed E-state index contributed by atoms with van der Waals surface area (Å²) < 4.78 is 12.5. The molecule has 2 aliphatic rings. The third-order valence-corrected chi connectivity index (χ3v) is 8.01. The van der Waals surface area contributed by atoms with Crippen LogP contribution < -0.4 is 20.1 Å². The quantitative estimate of drug-likeness (QED) is 0.208. The maximum absolute atomic E-state index is 6.23. The SMILES string of the molecule is c1ccc2c(c1)Nc1c(cccc1-c1ccc3[nH]c4ccc(-c5cccc6c5Nc5ccccc5O6)cc4c3c1)O2. The van der Waals surface area contributed by atoms with E-state index < -0.39 is 0 Å². The van der Waals surface area contributed by atoms with Crippen molar-refractivity contribution in [2.45, 2.75) is 0 Å². The minimum absolute atomic E-state index is 0.827. The lowest BCUT2D eigenvalue weighted by Crippen LogP contribution is -2.04. The molecule has 7 aromatic rings. The molecule has 0 bridgehead atoms. The van der Waals surface area contributed by atoms with Gasteiger partial charge in [-0.1, -0.05) is 60.7 Å². The third kappa shape index (κ3) is 3.42. The van der Waals surface area contributed by atoms with Crippen molar-refractivity contribution in [3.8, 4) is 45.3 Å². The summed E-state index contributed by atoms with van der Waals surface area (Å²) in [6, 6.07) is 41.7. The summed E-state index contributed by atoms with van der Waals surface area (Å²) in [7, 11) is 0. The number of ether oxygens (including phenoxy) is 2. The third-order valence-electron chi connectivity index (χ3n) is 8.01. The lowest BCUT2D eigenvalue weighted by Gasteiger charge is -2.24. The molecule has 0 saturated carbocycles. The zero-order valence-corrected chi connectivity index (χ0v) is 21.9. The molecule has 41 heavy (non-hydrogen) atoms. The largest absolute Gasteiger partial charge is 0.453 e. The Bertz CT molecular complexity index is 2030. The number of rotatable bonds is 2. The molecule has 0 radical (unpaired) electrons. The molecule has 5 heteroatoms. The second kappa shape index (κ2) is 8.41. The van der Waals surface area contributed by atoms with E-state index in [9.17, 15) is 0 Å². The zero-order valence-electron chi connectivity index (χ0n) is 21.9. The van der Waals surface area contributed by atoms with Crippen molar-refractivity contribution in [1.29, 1.82) is 0 Å². The summed E-state index contributed by atoms with van der Waals surface area (Å²) in [4.78, 5) is 3.61. The van der Waals surface area contributed by atoms with Gasteiger partial charge in [0.15, 0.2) is 23.0 Å². The molecule has 1 aromatic heterocycles. The van der Waals surface area contributed by atoms with Crippen LogP contribution in [0.3, 0.4) is 0 Å². The molecular weight excluding hydrogens is 506 g/mol. The van der Waals surface area contributed by atoms with E-state index in [2.05, 4.69) is 64.1 Å². The second-order valence-electron chi connectivity index (χ2n) is 10.4. The molecule has 6 aromatic carbocycles. The highest BCUT2D eigenvalue weighted by atomic mass is 16.5. The molecule has 5 nitrogen and oxygen atoms in total. The highest BCUT2D eigenvalue weighted by Crippen LogP contribution is 2.48. The van der Waals surface area contributed by atoms with Crippen LogP contribution in [0.4, 0.5) is 22.7 Å². The van der Waals surface area contributed by atoms with E-state index in [1.807, 2.05) is 72.8 Å². The molecule has 194 valence electrons. The van der Waals surface area contributed by atoms with Gasteiger partial charge < -0.3 is 25.1 Å². The molecule has 0 spiro atoms. The lowest BCUT2D eigenvalue weighted by atomic mass is 9.97. The number of H-pyrrole nitrogens is 1. The van der Waals surface area contributed by atoms with E-state index in [-0.39, 0.29) is 0 Å². The first kappa shape index (κ1) is 22.2. The number of fused-ring (bicyclic) bond motifs is 7. The first-order valence-electron chi connectivity index (χ1n) is 13.7. The van der Waals surface area contributed by atoms with E-state index >= 15 is 0 Å². The summed E-state index contributed by atoms with van der Waals surface area (Å²) in [5, 5.41) is 9.55. The molecule has 0 saturated heterocycles. The fourth-order valence-corrected chi connectivity index (χ4v) is 6.03. The van der Waals surface area contributed by atoms with Crippen LogP contribution in [0.5, 0.6) is 23.0 Å². The van der Waals surface area contributed by atoms with Gasteiger partial charge in [-0.15, -0.1) is 0 Å². The van der Waals surface area contributed by atoms with Gasteiger partial charge in [0.25, 0.3) is 0 Å². The Hall–Kier alpha value is -5.68. The Labute approximate surface area is 236 Å². The van der Waals surface area contributed by atoms with Crippen LogP contribution in [0.25, 0.3) is 44.1 Å². The minimum Gasteiger partial charge on any atom is -0.453 e. The number of anilines is 4. The van der Waals surface area contributed by atoms with Crippen molar-refractivity contribution in [2.24, 2.45) is 0 Å². The first-order valence-corrected chi connectivity index (χ1v) is 13.7. The summed E-state index contributed by atoms with van der Waals surface area (Å²) >= 11 is 0. The molecule has 0 aliphatic carbocycles.